The number of halogens is 1. The number of rotatable bonds is 10. The lowest BCUT2D eigenvalue weighted by molar-refractivity contribution is 0.0534. The molecule has 0 atom stereocenters. The van der Waals surface area contributed by atoms with E-state index in [4.69, 9.17) is 9.47 Å². The predicted molar refractivity (Wildman–Crippen MR) is 139 cm³/mol. The van der Waals surface area contributed by atoms with Gasteiger partial charge in [-0.05, 0) is 63.2 Å². The summed E-state index contributed by atoms with van der Waals surface area (Å²) in [5.74, 6) is 0.300. The number of alkyl carbamates (subject to hydrolysis) is 1. The van der Waals surface area contributed by atoms with Crippen LogP contribution in [0.25, 0.3) is 0 Å². The number of benzene rings is 2. The second-order valence-corrected chi connectivity index (χ2v) is 13.5. The first kappa shape index (κ1) is 29.5. The Balaban J connectivity index is 2.05. The fourth-order valence-corrected chi connectivity index (χ4v) is 6.63. The summed E-state index contributed by atoms with van der Waals surface area (Å²) >= 11 is 1.18. The third-order valence-electron chi connectivity index (χ3n) is 4.06. The second-order valence-electron chi connectivity index (χ2n) is 8.59. The molecule has 9 nitrogen and oxygen atoms in total. The zero-order chi connectivity index (χ0) is 27.1. The SMILES string of the molecule is CC(C)(C)OC(=O)NC/C=C(\F)CSc1ccccc1Oc1ccc(N(S(C)(=O)=O)S(C)(=O)=O)cc1. The van der Waals surface area contributed by atoms with Crippen LogP contribution >= 0.6 is 11.8 Å². The molecular formula is C23H29FN2O7S3. The molecule has 0 aliphatic carbocycles. The molecule has 1 N–H and O–H groups in total. The summed E-state index contributed by atoms with van der Waals surface area (Å²) in [7, 11) is -8.12. The van der Waals surface area contributed by atoms with Gasteiger partial charge in [0.25, 0.3) is 0 Å². The Kier molecular flexibility index (Phi) is 9.80. The van der Waals surface area contributed by atoms with Gasteiger partial charge in [-0.25, -0.2) is 26.0 Å². The van der Waals surface area contributed by atoms with Crippen LogP contribution in [0.2, 0.25) is 0 Å². The largest absolute Gasteiger partial charge is 0.456 e. The first-order valence-corrected chi connectivity index (χ1v) is 15.3. The minimum absolute atomic E-state index is 0.00696. The number of para-hydroxylation sites is 1. The molecule has 0 saturated carbocycles. The summed E-state index contributed by atoms with van der Waals surface area (Å²) in [4.78, 5) is 12.3. The van der Waals surface area contributed by atoms with Crippen molar-refractivity contribution in [2.75, 3.05) is 28.5 Å². The molecule has 2 aromatic carbocycles. The van der Waals surface area contributed by atoms with Crippen LogP contribution in [-0.4, -0.2) is 53.3 Å². The Morgan fingerprint density at radius 2 is 1.61 bits per heavy atom. The molecule has 36 heavy (non-hydrogen) atoms. The summed E-state index contributed by atoms with van der Waals surface area (Å²) < 4.78 is 73.3. The van der Waals surface area contributed by atoms with Gasteiger partial charge in [0.1, 0.15) is 22.9 Å². The average Bonchev–Trinajstić information content (AvgIpc) is 2.71. The zero-order valence-electron chi connectivity index (χ0n) is 20.5. The number of hydrogen-bond donors (Lipinski definition) is 1. The Morgan fingerprint density at radius 3 is 2.17 bits per heavy atom. The van der Waals surface area contributed by atoms with Crippen molar-refractivity contribution in [1.82, 2.24) is 5.32 Å². The molecule has 1 amide bonds. The van der Waals surface area contributed by atoms with Crippen LogP contribution in [0.15, 0.2) is 65.3 Å². The molecule has 198 valence electrons. The molecular weight excluding hydrogens is 531 g/mol. The van der Waals surface area contributed by atoms with E-state index in [9.17, 15) is 26.0 Å². The van der Waals surface area contributed by atoms with Crippen molar-refractivity contribution in [3.8, 4) is 11.5 Å². The van der Waals surface area contributed by atoms with Gasteiger partial charge in [-0.15, -0.1) is 11.8 Å². The van der Waals surface area contributed by atoms with Crippen molar-refractivity contribution < 1.29 is 35.5 Å². The lowest BCUT2D eigenvalue weighted by Gasteiger charge is -2.20. The minimum atomic E-state index is -4.06. The molecule has 0 bridgehead atoms. The topological polar surface area (TPSA) is 119 Å². The molecule has 2 rings (SSSR count). The summed E-state index contributed by atoms with van der Waals surface area (Å²) in [5, 5.41) is 2.45. The van der Waals surface area contributed by atoms with Gasteiger partial charge in [-0.1, -0.05) is 12.1 Å². The van der Waals surface area contributed by atoms with Gasteiger partial charge >= 0.3 is 6.09 Å². The number of nitrogens with zero attached hydrogens (tertiary/aromatic N) is 1. The molecule has 0 heterocycles. The van der Waals surface area contributed by atoms with E-state index < -0.39 is 37.6 Å². The first-order chi connectivity index (χ1) is 16.6. The Morgan fingerprint density at radius 1 is 1.03 bits per heavy atom. The van der Waals surface area contributed by atoms with Gasteiger partial charge in [0.05, 0.1) is 23.1 Å². The van der Waals surface area contributed by atoms with Crippen LogP contribution in [0.1, 0.15) is 20.8 Å². The van der Waals surface area contributed by atoms with Gasteiger partial charge in [0.15, 0.2) is 0 Å². The Labute approximate surface area is 215 Å². The van der Waals surface area contributed by atoms with Crippen molar-refractivity contribution in [3.05, 3.63) is 60.4 Å². The third kappa shape index (κ3) is 9.70. The number of ether oxygens (including phenoxy) is 2. The number of nitrogens with one attached hydrogen (secondary N) is 1. The standard InChI is InChI=1S/C23H29FN2O7S3/c1-23(2,3)33-22(27)25-15-14-17(24)16-34-21-9-7-6-8-20(21)32-19-12-10-18(11-13-19)26(35(4,28)29)36(5,30)31/h6-14H,15-16H2,1-5H3,(H,25,27)/b17-14-. The number of thioether (sulfide) groups is 1. The molecule has 0 aliphatic rings. The molecule has 13 heteroatoms. The van der Waals surface area contributed by atoms with Crippen LogP contribution in [0.5, 0.6) is 11.5 Å². The summed E-state index contributed by atoms with van der Waals surface area (Å²) in [6.45, 7) is 5.16. The molecule has 0 aromatic heterocycles. The van der Waals surface area contributed by atoms with Crippen molar-refractivity contribution in [2.24, 2.45) is 0 Å². The molecule has 0 fully saturated rings. The van der Waals surface area contributed by atoms with Crippen LogP contribution in [0, 0.1) is 0 Å². The number of hydrogen-bond acceptors (Lipinski definition) is 8. The maximum absolute atomic E-state index is 14.3. The van der Waals surface area contributed by atoms with E-state index in [0.717, 1.165) is 12.5 Å². The van der Waals surface area contributed by atoms with Crippen LogP contribution in [-0.2, 0) is 24.8 Å². The van der Waals surface area contributed by atoms with E-state index in [2.05, 4.69) is 5.32 Å². The number of amides is 1. The van der Waals surface area contributed by atoms with E-state index in [0.29, 0.717) is 20.1 Å². The van der Waals surface area contributed by atoms with Crippen molar-refractivity contribution in [3.63, 3.8) is 0 Å². The summed E-state index contributed by atoms with van der Waals surface area (Å²) in [6.07, 6.45) is 2.20. The maximum Gasteiger partial charge on any atom is 0.407 e. The predicted octanol–water partition coefficient (Wildman–Crippen LogP) is 4.67. The van der Waals surface area contributed by atoms with Gasteiger partial charge < -0.3 is 14.8 Å². The van der Waals surface area contributed by atoms with E-state index in [1.807, 2.05) is 0 Å². The second kappa shape index (κ2) is 12.0. The zero-order valence-corrected chi connectivity index (χ0v) is 23.0. The lowest BCUT2D eigenvalue weighted by atomic mass is 10.2. The highest BCUT2D eigenvalue weighted by molar-refractivity contribution is 8.09. The maximum atomic E-state index is 14.3. The Bertz CT molecular complexity index is 1270. The quantitative estimate of drug-likeness (QED) is 0.416. The van der Waals surface area contributed by atoms with E-state index in [1.165, 1.54) is 42.1 Å². The number of sulfonamides is 2. The van der Waals surface area contributed by atoms with Gasteiger partial charge in [0, 0.05) is 12.3 Å². The van der Waals surface area contributed by atoms with E-state index in [1.54, 1.807) is 45.0 Å². The highest BCUT2D eigenvalue weighted by Gasteiger charge is 2.27. The van der Waals surface area contributed by atoms with E-state index in [-0.39, 0.29) is 18.0 Å². The highest BCUT2D eigenvalue weighted by Crippen LogP contribution is 2.34. The van der Waals surface area contributed by atoms with Gasteiger partial charge in [-0.2, -0.15) is 3.71 Å². The number of carbonyl (C=O) groups is 1. The molecule has 0 aliphatic heterocycles. The molecule has 0 spiro atoms. The average molecular weight is 561 g/mol. The van der Waals surface area contributed by atoms with Crippen LogP contribution in [0.3, 0.4) is 0 Å². The highest BCUT2D eigenvalue weighted by atomic mass is 32.3. The molecule has 0 saturated heterocycles. The normalized spacial score (nSPS) is 12.7. The van der Waals surface area contributed by atoms with Gasteiger partial charge in [0.2, 0.25) is 20.0 Å². The van der Waals surface area contributed by atoms with E-state index >= 15 is 0 Å². The smallest absolute Gasteiger partial charge is 0.407 e. The summed E-state index contributed by atoms with van der Waals surface area (Å²) in [5.41, 5.74) is -0.699. The minimum Gasteiger partial charge on any atom is -0.456 e. The molecule has 0 unspecified atom stereocenters. The Hall–Kier alpha value is -2.77. The lowest BCUT2D eigenvalue weighted by Crippen LogP contribution is -2.35. The molecule has 0 radical (unpaired) electrons. The fraction of sp³-hybridized carbons (Fsp3) is 0.348. The van der Waals surface area contributed by atoms with Crippen LogP contribution in [0.4, 0.5) is 14.9 Å². The number of anilines is 1. The van der Waals surface area contributed by atoms with Crippen LogP contribution < -0.4 is 13.8 Å². The summed E-state index contributed by atoms with van der Waals surface area (Å²) in [6, 6.07) is 12.4. The van der Waals surface area contributed by atoms with Gasteiger partial charge in [-0.3, -0.25) is 0 Å². The molecule has 2 aromatic rings. The first-order valence-electron chi connectivity index (χ1n) is 10.6. The third-order valence-corrected chi connectivity index (χ3v) is 8.38. The monoisotopic (exact) mass is 560 g/mol. The number of carbonyl (C=O) groups excluding carboxylic acids is 1. The fourth-order valence-electron chi connectivity index (χ4n) is 2.81. The van der Waals surface area contributed by atoms with Crippen molar-refractivity contribution in [2.45, 2.75) is 31.3 Å². The van der Waals surface area contributed by atoms with Crippen molar-refractivity contribution in [1.29, 1.82) is 0 Å². The van der Waals surface area contributed by atoms with Crippen molar-refractivity contribution >= 4 is 43.6 Å².